The van der Waals surface area contributed by atoms with Gasteiger partial charge >= 0.3 is 39.5 Å². The average molecular weight is 1420 g/mol. The van der Waals surface area contributed by atoms with Crippen molar-refractivity contribution in [3.8, 4) is 0 Å². The van der Waals surface area contributed by atoms with Gasteiger partial charge in [-0.05, 0) is 43.4 Å². The lowest BCUT2D eigenvalue weighted by Crippen LogP contribution is -2.30. The Balaban J connectivity index is 5.25. The highest BCUT2D eigenvalue weighted by atomic mass is 31.2. The molecule has 4 unspecified atom stereocenters. The molecule has 0 fully saturated rings. The zero-order valence-electron chi connectivity index (χ0n) is 63.5. The zero-order chi connectivity index (χ0) is 71.6. The molecule has 3 N–H and O–H groups in total. The van der Waals surface area contributed by atoms with Crippen LogP contribution in [0.3, 0.4) is 0 Å². The number of hydrogen-bond acceptors (Lipinski definition) is 15. The summed E-state index contributed by atoms with van der Waals surface area (Å²) in [6.07, 6.45) is 55.3. The number of aliphatic hydroxyl groups excluding tert-OH is 1. The van der Waals surface area contributed by atoms with E-state index in [-0.39, 0.29) is 25.7 Å². The number of unbranched alkanes of at least 4 members (excludes halogenated alkanes) is 42. The maximum absolute atomic E-state index is 13.1. The van der Waals surface area contributed by atoms with Crippen LogP contribution in [0.1, 0.15) is 402 Å². The van der Waals surface area contributed by atoms with Gasteiger partial charge in [-0.2, -0.15) is 0 Å². The molecule has 0 rings (SSSR count). The number of ether oxygens (including phenoxy) is 4. The average Bonchev–Trinajstić information content (AvgIpc) is 1.36. The molecule has 0 spiro atoms. The van der Waals surface area contributed by atoms with Gasteiger partial charge in [-0.25, -0.2) is 9.13 Å². The minimum Gasteiger partial charge on any atom is -0.462 e. The third-order valence-electron chi connectivity index (χ3n) is 18.9. The summed E-state index contributed by atoms with van der Waals surface area (Å²) in [6.45, 7) is 12.0. The molecular weight excluding hydrogens is 1270 g/mol. The van der Waals surface area contributed by atoms with Gasteiger partial charge in [0.05, 0.1) is 26.4 Å². The lowest BCUT2D eigenvalue weighted by Gasteiger charge is -2.21. The summed E-state index contributed by atoms with van der Waals surface area (Å²) >= 11 is 0. The molecule has 0 aliphatic carbocycles. The fraction of sp³-hybridized carbons (Fsp3) is 0.949. The SMILES string of the molecule is CCCCCCCCCCCCCCC(=O)OC[C@H](COP(=O)(O)OC[C@H](O)COP(=O)(O)OC[C@@H](COC(=O)CCCCCCCCCCCCC(C)CC)OC(=O)CCCCCCCCCCCCCCCCCCC(C)C)OC(=O)CCCCCCCCCCC(C)CC. The van der Waals surface area contributed by atoms with Gasteiger partial charge in [0.2, 0.25) is 0 Å². The van der Waals surface area contributed by atoms with Crippen molar-refractivity contribution in [2.75, 3.05) is 39.6 Å². The van der Waals surface area contributed by atoms with E-state index in [1.165, 1.54) is 212 Å². The number of phosphoric ester groups is 2. The standard InChI is InChI=1S/C78H152O17P2/c1-8-11-12-13-14-15-16-24-30-38-45-52-59-75(80)88-66-74(95-78(83)62-55-48-41-34-33-37-44-51-58-71(7)10-3)68-93-97(86,87)91-64-72(79)63-90-96(84,85)92-67-73(65-89-76(81)60-53-46-39-31-27-26-29-36-43-50-57-70(6)9-2)94-77(82)61-54-47-40-32-25-22-20-18-17-19-21-23-28-35-42-49-56-69(4)5/h69-74,79H,8-68H2,1-7H3,(H,84,85)(H,86,87)/t70?,71?,72-,73-,74-/m1/s1. The molecule has 97 heavy (non-hydrogen) atoms. The van der Waals surface area contributed by atoms with E-state index in [1.807, 2.05) is 0 Å². The largest absolute Gasteiger partial charge is 0.472 e. The van der Waals surface area contributed by atoms with Crippen molar-refractivity contribution in [2.45, 2.75) is 420 Å². The molecule has 0 saturated heterocycles. The van der Waals surface area contributed by atoms with Crippen molar-refractivity contribution < 1.29 is 80.2 Å². The summed E-state index contributed by atoms with van der Waals surface area (Å²) in [5, 5.41) is 10.6. The molecule has 0 bridgehead atoms. The van der Waals surface area contributed by atoms with Gasteiger partial charge in [0.15, 0.2) is 12.2 Å². The molecule has 19 heteroatoms. The first-order valence-electron chi connectivity index (χ1n) is 40.4. The van der Waals surface area contributed by atoms with Gasteiger partial charge in [0.25, 0.3) is 0 Å². The summed E-state index contributed by atoms with van der Waals surface area (Å²) in [6, 6.07) is 0. The van der Waals surface area contributed by atoms with E-state index in [2.05, 4.69) is 48.5 Å². The van der Waals surface area contributed by atoms with Crippen LogP contribution in [0.2, 0.25) is 0 Å². The quantitative estimate of drug-likeness (QED) is 0.0222. The smallest absolute Gasteiger partial charge is 0.462 e. The molecule has 0 aliphatic rings. The fourth-order valence-corrected chi connectivity index (χ4v) is 13.5. The predicted octanol–water partition coefficient (Wildman–Crippen LogP) is 23.0. The van der Waals surface area contributed by atoms with Gasteiger partial charge < -0.3 is 33.8 Å². The first kappa shape index (κ1) is 95.1. The fourth-order valence-electron chi connectivity index (χ4n) is 11.9. The Bertz CT molecular complexity index is 1890. The van der Waals surface area contributed by atoms with Crippen LogP contribution in [0.5, 0.6) is 0 Å². The van der Waals surface area contributed by atoms with E-state index in [9.17, 15) is 43.2 Å². The monoisotopic (exact) mass is 1420 g/mol. The Morgan fingerprint density at radius 3 is 0.784 bits per heavy atom. The summed E-state index contributed by atoms with van der Waals surface area (Å²) in [5.74, 6) is 0.273. The molecule has 17 nitrogen and oxygen atoms in total. The Kier molecular flexibility index (Phi) is 67.1. The third-order valence-corrected chi connectivity index (χ3v) is 20.8. The Labute approximate surface area is 594 Å². The van der Waals surface area contributed by atoms with E-state index in [4.69, 9.17) is 37.0 Å². The molecule has 0 aromatic carbocycles. The normalized spacial score (nSPS) is 14.6. The van der Waals surface area contributed by atoms with Crippen molar-refractivity contribution in [2.24, 2.45) is 17.8 Å². The first-order valence-corrected chi connectivity index (χ1v) is 43.4. The molecule has 0 aromatic rings. The van der Waals surface area contributed by atoms with E-state index in [1.54, 1.807) is 0 Å². The van der Waals surface area contributed by atoms with Crippen LogP contribution >= 0.6 is 15.6 Å². The van der Waals surface area contributed by atoms with Crippen LogP contribution in [0.25, 0.3) is 0 Å². The van der Waals surface area contributed by atoms with E-state index in [0.29, 0.717) is 25.7 Å². The van der Waals surface area contributed by atoms with Gasteiger partial charge in [-0.15, -0.1) is 0 Å². The lowest BCUT2D eigenvalue weighted by molar-refractivity contribution is -0.161. The van der Waals surface area contributed by atoms with Gasteiger partial charge in [0, 0.05) is 25.7 Å². The van der Waals surface area contributed by atoms with Crippen LogP contribution in [-0.2, 0) is 65.4 Å². The highest BCUT2D eigenvalue weighted by Gasteiger charge is 2.30. The number of hydrogen-bond donors (Lipinski definition) is 3. The highest BCUT2D eigenvalue weighted by Crippen LogP contribution is 2.45. The topological polar surface area (TPSA) is 237 Å². The molecule has 0 heterocycles. The lowest BCUT2D eigenvalue weighted by atomic mass is 9.99. The number of carbonyl (C=O) groups excluding carboxylic acids is 4. The minimum absolute atomic E-state index is 0.105. The van der Waals surface area contributed by atoms with Crippen LogP contribution in [-0.4, -0.2) is 96.7 Å². The van der Waals surface area contributed by atoms with Gasteiger partial charge in [-0.1, -0.05) is 350 Å². The number of rotatable bonds is 76. The Morgan fingerprint density at radius 1 is 0.299 bits per heavy atom. The molecule has 0 aromatic heterocycles. The molecular formula is C78H152O17P2. The van der Waals surface area contributed by atoms with Crippen LogP contribution in [0, 0.1) is 17.8 Å². The van der Waals surface area contributed by atoms with Crippen molar-refractivity contribution >= 4 is 39.5 Å². The number of phosphoric acid groups is 2. The molecule has 7 atom stereocenters. The maximum atomic E-state index is 13.1. The zero-order valence-corrected chi connectivity index (χ0v) is 65.3. The molecule has 0 radical (unpaired) electrons. The molecule has 0 saturated carbocycles. The maximum Gasteiger partial charge on any atom is 0.472 e. The van der Waals surface area contributed by atoms with E-state index < -0.39 is 97.5 Å². The van der Waals surface area contributed by atoms with Gasteiger partial charge in [0.1, 0.15) is 19.3 Å². The molecule has 576 valence electrons. The Morgan fingerprint density at radius 2 is 0.526 bits per heavy atom. The summed E-state index contributed by atoms with van der Waals surface area (Å²) in [4.78, 5) is 72.9. The molecule has 0 amide bonds. The number of carbonyl (C=O) groups is 4. The predicted molar refractivity (Wildman–Crippen MR) is 395 cm³/mol. The van der Waals surface area contributed by atoms with Crippen molar-refractivity contribution in [3.63, 3.8) is 0 Å². The highest BCUT2D eigenvalue weighted by molar-refractivity contribution is 7.47. The van der Waals surface area contributed by atoms with Crippen molar-refractivity contribution in [1.29, 1.82) is 0 Å². The second-order valence-corrected chi connectivity index (χ2v) is 32.0. The summed E-state index contributed by atoms with van der Waals surface area (Å²) < 4.78 is 68.6. The minimum atomic E-state index is -4.96. The van der Waals surface area contributed by atoms with E-state index >= 15 is 0 Å². The van der Waals surface area contributed by atoms with Crippen LogP contribution < -0.4 is 0 Å². The van der Waals surface area contributed by atoms with Crippen LogP contribution in [0.15, 0.2) is 0 Å². The second-order valence-electron chi connectivity index (χ2n) is 29.1. The van der Waals surface area contributed by atoms with E-state index in [0.717, 1.165) is 108 Å². The Hall–Kier alpha value is -1.94. The van der Waals surface area contributed by atoms with Crippen LogP contribution in [0.4, 0.5) is 0 Å². The summed E-state index contributed by atoms with van der Waals surface area (Å²) in [7, 11) is -9.92. The third kappa shape index (κ3) is 69.5. The van der Waals surface area contributed by atoms with Crippen molar-refractivity contribution in [3.05, 3.63) is 0 Å². The van der Waals surface area contributed by atoms with Crippen molar-refractivity contribution in [1.82, 2.24) is 0 Å². The first-order chi connectivity index (χ1) is 46.8. The second kappa shape index (κ2) is 68.5. The summed E-state index contributed by atoms with van der Waals surface area (Å²) in [5.41, 5.74) is 0. The number of aliphatic hydroxyl groups is 1. The molecule has 0 aliphatic heterocycles. The number of esters is 4. The van der Waals surface area contributed by atoms with Gasteiger partial charge in [-0.3, -0.25) is 37.3 Å².